The molecule has 3 saturated heterocycles. The van der Waals surface area contributed by atoms with E-state index < -0.39 is 30.7 Å². The molecule has 7 aliphatic rings. The van der Waals surface area contributed by atoms with Gasteiger partial charge in [0.2, 0.25) is 11.8 Å². The summed E-state index contributed by atoms with van der Waals surface area (Å²) < 4.78 is 48.2. The number of fused-ring (bicyclic) bond motifs is 7. The average molecular weight is 837 g/mol. The molecule has 320 valence electrons. The largest absolute Gasteiger partial charge is 0.492 e. The Morgan fingerprint density at radius 2 is 1.74 bits per heavy atom. The molecule has 0 radical (unpaired) electrons. The Bertz CT molecular complexity index is 2410. The van der Waals surface area contributed by atoms with Gasteiger partial charge in [0.05, 0.1) is 55.0 Å². The number of hydrogen-bond donors (Lipinski definition) is 2. The van der Waals surface area contributed by atoms with Gasteiger partial charge in [-0.1, -0.05) is 12.1 Å². The number of anilines is 1. The van der Waals surface area contributed by atoms with Gasteiger partial charge in [-0.3, -0.25) is 34.7 Å². The average Bonchev–Trinajstić information content (AvgIpc) is 3.95. The van der Waals surface area contributed by atoms with Crippen molar-refractivity contribution in [2.75, 3.05) is 50.8 Å². The topological polar surface area (TPSA) is 127 Å². The molecule has 61 heavy (non-hydrogen) atoms. The second kappa shape index (κ2) is 14.3. The zero-order valence-electron chi connectivity index (χ0n) is 34.4. The van der Waals surface area contributed by atoms with Crippen LogP contribution in [0.5, 0.6) is 5.75 Å². The van der Waals surface area contributed by atoms with Crippen molar-refractivity contribution < 1.29 is 32.3 Å². The number of likely N-dealkylation sites (tertiary alicyclic amines) is 1. The molecule has 0 bridgehead atoms. The number of H-pyrrole nitrogens is 1. The zero-order chi connectivity index (χ0) is 41.8. The first-order chi connectivity index (χ1) is 29.4. The number of carbonyl (C=O) groups is 3. The number of nitrogens with zero attached hydrogens (tertiary/aromatic N) is 6. The monoisotopic (exact) mass is 836 g/mol. The summed E-state index contributed by atoms with van der Waals surface area (Å²) in [5.74, 6) is 0.643. The van der Waals surface area contributed by atoms with Crippen molar-refractivity contribution in [1.29, 1.82) is 0 Å². The summed E-state index contributed by atoms with van der Waals surface area (Å²) in [6.45, 7) is 6.83. The van der Waals surface area contributed by atoms with Crippen molar-refractivity contribution in [3.63, 3.8) is 0 Å². The Labute approximate surface area is 352 Å². The van der Waals surface area contributed by atoms with Crippen LogP contribution < -0.4 is 15.0 Å². The van der Waals surface area contributed by atoms with Crippen LogP contribution in [0.4, 0.5) is 18.9 Å². The number of ether oxygens (including phenoxy) is 1. The van der Waals surface area contributed by atoms with Crippen LogP contribution in [0.25, 0.3) is 10.9 Å². The SMILES string of the molecule is C[C@@H]1Cc2c(ccc3[nH]ncc23)[C@@H](c2ccc(N3CCC4(CC3)CC(CN3CCC5(CC3)COc3c5ccc5c3CN(C3CCC(=O)NC3=O)C5=O)C4)cn2)N1CC(F)(F)F. The summed E-state index contributed by atoms with van der Waals surface area (Å²) in [7, 11) is 0. The fourth-order valence-corrected chi connectivity index (χ4v) is 12.3. The van der Waals surface area contributed by atoms with Crippen molar-refractivity contribution in [2.45, 2.75) is 101 Å². The maximum absolute atomic E-state index is 13.9. The maximum Gasteiger partial charge on any atom is 0.401 e. The molecule has 15 heteroatoms. The summed E-state index contributed by atoms with van der Waals surface area (Å²) in [5, 5.41) is 10.5. The fraction of sp³-hybridized carbons (Fsp3) is 0.543. The molecule has 2 spiro atoms. The van der Waals surface area contributed by atoms with Crippen LogP contribution in [0.3, 0.4) is 0 Å². The van der Waals surface area contributed by atoms with E-state index in [0.29, 0.717) is 48.6 Å². The highest BCUT2D eigenvalue weighted by Gasteiger charge is 2.50. The number of rotatable bonds is 6. The number of aromatic amines is 1. The van der Waals surface area contributed by atoms with Crippen molar-refractivity contribution in [3.05, 3.63) is 82.3 Å². The third kappa shape index (κ3) is 6.59. The minimum absolute atomic E-state index is 0.0680. The van der Waals surface area contributed by atoms with Gasteiger partial charge in [0.1, 0.15) is 11.8 Å². The van der Waals surface area contributed by atoms with Crippen LogP contribution in [0.2, 0.25) is 0 Å². The molecule has 8 heterocycles. The number of aromatic nitrogens is 3. The minimum Gasteiger partial charge on any atom is -0.492 e. The highest BCUT2D eigenvalue weighted by atomic mass is 19.4. The molecule has 12 nitrogen and oxygen atoms in total. The number of hydrogen-bond acceptors (Lipinski definition) is 9. The summed E-state index contributed by atoms with van der Waals surface area (Å²) in [5.41, 5.74) is 7.41. The van der Waals surface area contributed by atoms with Gasteiger partial charge in [-0.25, -0.2) is 0 Å². The molecule has 1 saturated carbocycles. The van der Waals surface area contributed by atoms with Crippen LogP contribution in [0.15, 0.2) is 48.8 Å². The lowest BCUT2D eigenvalue weighted by atomic mass is 9.57. The molecule has 6 aliphatic heterocycles. The number of halogens is 3. The van der Waals surface area contributed by atoms with Gasteiger partial charge in [-0.05, 0) is 118 Å². The molecular formula is C46H51F3N8O4. The fourth-order valence-electron chi connectivity index (χ4n) is 12.3. The van der Waals surface area contributed by atoms with Gasteiger partial charge in [0.25, 0.3) is 5.91 Å². The van der Waals surface area contributed by atoms with Crippen LogP contribution >= 0.6 is 0 Å². The van der Waals surface area contributed by atoms with E-state index in [0.717, 1.165) is 97.4 Å². The zero-order valence-corrected chi connectivity index (χ0v) is 34.4. The second-order valence-corrected chi connectivity index (χ2v) is 19.1. The Balaban J connectivity index is 0.691. The highest BCUT2D eigenvalue weighted by molar-refractivity contribution is 6.05. The summed E-state index contributed by atoms with van der Waals surface area (Å²) >= 11 is 0. The number of imide groups is 1. The Morgan fingerprint density at radius 1 is 0.934 bits per heavy atom. The summed E-state index contributed by atoms with van der Waals surface area (Å²) in [6, 6.07) is 10.2. The number of nitrogens with one attached hydrogen (secondary N) is 2. The molecule has 1 aliphatic carbocycles. The molecule has 1 unspecified atom stereocenters. The molecule has 11 rings (SSSR count). The van der Waals surface area contributed by atoms with Gasteiger partial charge in [-0.2, -0.15) is 18.3 Å². The van der Waals surface area contributed by atoms with Crippen molar-refractivity contribution in [1.82, 2.24) is 35.2 Å². The highest BCUT2D eigenvalue weighted by Crippen LogP contribution is 2.54. The number of benzene rings is 2. The molecule has 3 amide bonds. The van der Waals surface area contributed by atoms with E-state index in [4.69, 9.17) is 9.72 Å². The second-order valence-electron chi connectivity index (χ2n) is 19.1. The number of piperidine rings is 3. The van der Waals surface area contributed by atoms with Crippen LogP contribution in [-0.2, 0) is 28.0 Å². The summed E-state index contributed by atoms with van der Waals surface area (Å²) in [6.07, 6.45) is 7.14. The van der Waals surface area contributed by atoms with E-state index in [-0.39, 0.29) is 29.7 Å². The third-order valence-corrected chi connectivity index (χ3v) is 15.6. The first kappa shape index (κ1) is 38.9. The van der Waals surface area contributed by atoms with E-state index in [1.54, 1.807) is 16.0 Å². The van der Waals surface area contributed by atoms with Gasteiger partial charge in [0.15, 0.2) is 0 Å². The lowest BCUT2D eigenvalue weighted by Gasteiger charge is -2.54. The molecule has 4 aromatic rings. The smallest absolute Gasteiger partial charge is 0.401 e. The normalized spacial score (nSPS) is 26.4. The van der Waals surface area contributed by atoms with E-state index >= 15 is 0 Å². The van der Waals surface area contributed by atoms with Gasteiger partial charge in [0, 0.05) is 59.6 Å². The van der Waals surface area contributed by atoms with Crippen LogP contribution in [-0.4, -0.2) is 112 Å². The quantitative estimate of drug-likeness (QED) is 0.224. The van der Waals surface area contributed by atoms with E-state index in [9.17, 15) is 27.6 Å². The van der Waals surface area contributed by atoms with E-state index in [1.165, 1.54) is 18.4 Å². The molecule has 2 aromatic carbocycles. The van der Waals surface area contributed by atoms with E-state index in [2.05, 4.69) is 31.4 Å². The van der Waals surface area contributed by atoms with Crippen molar-refractivity contribution >= 4 is 34.3 Å². The lowest BCUT2D eigenvalue weighted by molar-refractivity contribution is -0.155. The number of alkyl halides is 3. The molecule has 2 aromatic heterocycles. The Morgan fingerprint density at radius 3 is 2.48 bits per heavy atom. The van der Waals surface area contributed by atoms with Gasteiger partial charge < -0.3 is 19.4 Å². The summed E-state index contributed by atoms with van der Waals surface area (Å²) in [4.78, 5) is 50.7. The van der Waals surface area contributed by atoms with Gasteiger partial charge in [-0.15, -0.1) is 0 Å². The van der Waals surface area contributed by atoms with Crippen molar-refractivity contribution in [3.8, 4) is 5.75 Å². The molecular weight excluding hydrogens is 786 g/mol. The van der Waals surface area contributed by atoms with Crippen LogP contribution in [0.1, 0.15) is 103 Å². The van der Waals surface area contributed by atoms with Crippen LogP contribution in [0, 0.1) is 11.3 Å². The molecule has 2 N–H and O–H groups in total. The Kier molecular flexibility index (Phi) is 9.09. The number of pyridine rings is 1. The third-order valence-electron chi connectivity index (χ3n) is 15.6. The molecule has 4 fully saturated rings. The predicted octanol–water partition coefficient (Wildman–Crippen LogP) is 6.04. The number of carbonyl (C=O) groups excluding carboxylic acids is 3. The minimum atomic E-state index is -4.33. The Hall–Kier alpha value is -5.02. The van der Waals surface area contributed by atoms with Gasteiger partial charge >= 0.3 is 6.18 Å². The molecule has 3 atom stereocenters. The predicted molar refractivity (Wildman–Crippen MR) is 220 cm³/mol. The van der Waals surface area contributed by atoms with Crippen molar-refractivity contribution in [2.24, 2.45) is 11.3 Å². The number of amides is 3. The standard InChI is InChI=1S/C46H51F3N8O4/c1-27-18-32-30(4-7-36-33(32)22-51-53-36)40(57(27)25-46(47,48)49)37-6-2-29(21-50-37)55-16-10-44(11-17-55)19-28(20-44)23-54-14-12-45(13-15-54)26-61-41-34-24-56(38-8-9-39(58)52-42(38)59)43(60)31(34)3-5-35(41)45/h2-7,21-22,27-28,38,40H,8-20,23-26H2,1H3,(H,51,53)(H,52,58,59)/t27-,38?,40+/m1/s1. The first-order valence-corrected chi connectivity index (χ1v) is 22.0. The lowest BCUT2D eigenvalue weighted by Crippen LogP contribution is -2.52. The first-order valence-electron chi connectivity index (χ1n) is 22.0. The maximum atomic E-state index is 13.9. The van der Waals surface area contributed by atoms with E-state index in [1.807, 2.05) is 43.5 Å².